The van der Waals surface area contributed by atoms with Crippen LogP contribution in [0.5, 0.6) is 0 Å². The maximum absolute atomic E-state index is 11.5. The summed E-state index contributed by atoms with van der Waals surface area (Å²) in [5.74, 6) is 0.114. The van der Waals surface area contributed by atoms with Gasteiger partial charge in [0.25, 0.3) is 0 Å². The summed E-state index contributed by atoms with van der Waals surface area (Å²) in [4.78, 5) is 25.9. The van der Waals surface area contributed by atoms with Crippen LogP contribution in [0, 0.1) is 0 Å². The zero-order valence-electron chi connectivity index (χ0n) is 10.7. The Kier molecular flexibility index (Phi) is 7.33. The number of amides is 2. The van der Waals surface area contributed by atoms with E-state index in [4.69, 9.17) is 0 Å². The second kappa shape index (κ2) is 7.96. The maximum atomic E-state index is 11.5. The fourth-order valence-electron chi connectivity index (χ4n) is 1.30. The second-order valence-electron chi connectivity index (χ2n) is 3.56. The number of carbonyl (C=O) groups excluding carboxylic acids is 2. The van der Waals surface area contributed by atoms with E-state index in [-0.39, 0.29) is 12.0 Å². The van der Waals surface area contributed by atoms with Crippen molar-refractivity contribution < 1.29 is 14.3 Å². The number of methoxy groups -OCH3 is 1. The molecule has 0 unspecified atom stereocenters. The van der Waals surface area contributed by atoms with E-state index in [1.165, 1.54) is 7.11 Å². The summed E-state index contributed by atoms with van der Waals surface area (Å²) in [6.45, 7) is 5.70. The molecular formula is C11H22N2O3. The number of rotatable bonds is 6. The molecule has 2 amide bonds. The van der Waals surface area contributed by atoms with Gasteiger partial charge in [-0.05, 0) is 20.3 Å². The average molecular weight is 230 g/mol. The first-order chi connectivity index (χ1) is 7.56. The summed E-state index contributed by atoms with van der Waals surface area (Å²) in [5, 5.41) is 0. The first kappa shape index (κ1) is 14.7. The molecule has 0 aliphatic heterocycles. The van der Waals surface area contributed by atoms with Gasteiger partial charge in [0.1, 0.15) is 0 Å². The van der Waals surface area contributed by atoms with Crippen LogP contribution in [0.15, 0.2) is 0 Å². The molecular weight excluding hydrogens is 208 g/mol. The molecule has 0 saturated carbocycles. The van der Waals surface area contributed by atoms with E-state index >= 15 is 0 Å². The van der Waals surface area contributed by atoms with Gasteiger partial charge in [0, 0.05) is 33.1 Å². The summed E-state index contributed by atoms with van der Waals surface area (Å²) < 4.78 is 4.62. The predicted octanol–water partition coefficient (Wildman–Crippen LogP) is 1.33. The van der Waals surface area contributed by atoms with Crippen LogP contribution in [0.25, 0.3) is 0 Å². The molecule has 0 heterocycles. The van der Waals surface area contributed by atoms with Crippen molar-refractivity contribution in [1.29, 1.82) is 0 Å². The summed E-state index contributed by atoms with van der Waals surface area (Å²) >= 11 is 0. The molecule has 5 nitrogen and oxygen atoms in total. The van der Waals surface area contributed by atoms with Crippen LogP contribution < -0.4 is 0 Å². The maximum Gasteiger partial charge on any atom is 0.409 e. The van der Waals surface area contributed by atoms with Gasteiger partial charge in [-0.2, -0.15) is 0 Å². The third kappa shape index (κ3) is 5.00. The Morgan fingerprint density at radius 1 is 1.19 bits per heavy atom. The van der Waals surface area contributed by atoms with Crippen molar-refractivity contribution in [2.45, 2.75) is 26.7 Å². The molecule has 0 aromatic rings. The highest BCUT2D eigenvalue weighted by Crippen LogP contribution is 2.00. The van der Waals surface area contributed by atoms with Crippen LogP contribution in [0.2, 0.25) is 0 Å². The van der Waals surface area contributed by atoms with Crippen molar-refractivity contribution >= 4 is 12.0 Å². The van der Waals surface area contributed by atoms with E-state index in [0.29, 0.717) is 32.5 Å². The summed E-state index contributed by atoms with van der Waals surface area (Å²) in [6, 6.07) is 0. The molecule has 0 bridgehead atoms. The molecule has 0 aromatic heterocycles. The lowest BCUT2D eigenvalue weighted by atomic mass is 10.2. The molecule has 0 rings (SSSR count). The first-order valence-corrected chi connectivity index (χ1v) is 5.63. The molecule has 16 heavy (non-hydrogen) atoms. The molecule has 0 aliphatic carbocycles. The molecule has 0 atom stereocenters. The van der Waals surface area contributed by atoms with Crippen molar-refractivity contribution in [2.24, 2.45) is 0 Å². The van der Waals surface area contributed by atoms with Crippen molar-refractivity contribution in [3.63, 3.8) is 0 Å². The van der Waals surface area contributed by atoms with Gasteiger partial charge < -0.3 is 14.5 Å². The lowest BCUT2D eigenvalue weighted by Gasteiger charge is -2.19. The summed E-state index contributed by atoms with van der Waals surface area (Å²) in [6.07, 6.45) is 0.808. The molecule has 0 aliphatic rings. The lowest BCUT2D eigenvalue weighted by molar-refractivity contribution is -0.129. The van der Waals surface area contributed by atoms with Crippen LogP contribution in [0.1, 0.15) is 26.7 Å². The lowest BCUT2D eigenvalue weighted by Crippen LogP contribution is -2.33. The van der Waals surface area contributed by atoms with Gasteiger partial charge in [-0.25, -0.2) is 4.79 Å². The van der Waals surface area contributed by atoms with Gasteiger partial charge in [-0.15, -0.1) is 0 Å². The standard InChI is InChI=1S/C11H22N2O3/c1-5-12(3)10(14)8-7-9-13(6-2)11(15)16-4/h5-9H2,1-4H3. The quantitative estimate of drug-likeness (QED) is 0.691. The minimum atomic E-state index is -0.334. The molecule has 0 fully saturated rings. The van der Waals surface area contributed by atoms with E-state index in [9.17, 15) is 9.59 Å². The average Bonchev–Trinajstić information content (AvgIpc) is 2.32. The fraction of sp³-hybridized carbons (Fsp3) is 0.818. The third-order valence-corrected chi connectivity index (χ3v) is 2.53. The molecule has 0 N–H and O–H groups in total. The van der Waals surface area contributed by atoms with Gasteiger partial charge in [0.2, 0.25) is 5.91 Å². The zero-order valence-corrected chi connectivity index (χ0v) is 10.7. The van der Waals surface area contributed by atoms with Gasteiger partial charge in [-0.1, -0.05) is 0 Å². The van der Waals surface area contributed by atoms with Gasteiger partial charge in [0.15, 0.2) is 0 Å². The van der Waals surface area contributed by atoms with Crippen LogP contribution >= 0.6 is 0 Å². The van der Waals surface area contributed by atoms with E-state index in [0.717, 1.165) is 0 Å². The summed E-state index contributed by atoms with van der Waals surface area (Å²) in [5.41, 5.74) is 0. The van der Waals surface area contributed by atoms with Crippen LogP contribution in [0.4, 0.5) is 4.79 Å². The Hall–Kier alpha value is -1.26. The van der Waals surface area contributed by atoms with E-state index in [1.807, 2.05) is 13.8 Å². The molecule has 5 heteroatoms. The van der Waals surface area contributed by atoms with Crippen molar-refractivity contribution in [3.05, 3.63) is 0 Å². The fourth-order valence-corrected chi connectivity index (χ4v) is 1.30. The van der Waals surface area contributed by atoms with Crippen molar-refractivity contribution in [2.75, 3.05) is 33.8 Å². The number of carbonyl (C=O) groups is 2. The Morgan fingerprint density at radius 3 is 2.25 bits per heavy atom. The number of hydrogen-bond acceptors (Lipinski definition) is 3. The Morgan fingerprint density at radius 2 is 1.81 bits per heavy atom. The van der Waals surface area contributed by atoms with Crippen molar-refractivity contribution in [3.8, 4) is 0 Å². The third-order valence-electron chi connectivity index (χ3n) is 2.53. The zero-order chi connectivity index (χ0) is 12.6. The minimum Gasteiger partial charge on any atom is -0.453 e. The normalized spacial score (nSPS) is 9.75. The minimum absolute atomic E-state index is 0.114. The Bertz CT molecular complexity index is 231. The molecule has 0 aromatic carbocycles. The van der Waals surface area contributed by atoms with Crippen molar-refractivity contribution in [1.82, 2.24) is 9.80 Å². The highest BCUT2D eigenvalue weighted by Gasteiger charge is 2.12. The number of hydrogen-bond donors (Lipinski definition) is 0. The van der Waals surface area contributed by atoms with Crippen LogP contribution in [-0.2, 0) is 9.53 Å². The molecule has 94 valence electrons. The van der Waals surface area contributed by atoms with Crippen LogP contribution in [-0.4, -0.2) is 55.6 Å². The van der Waals surface area contributed by atoms with E-state index < -0.39 is 0 Å². The second-order valence-corrected chi connectivity index (χ2v) is 3.56. The topological polar surface area (TPSA) is 49.9 Å². The first-order valence-electron chi connectivity index (χ1n) is 5.63. The Balaban J connectivity index is 3.87. The summed E-state index contributed by atoms with van der Waals surface area (Å²) in [7, 11) is 3.14. The number of nitrogens with zero attached hydrogens (tertiary/aromatic N) is 2. The molecule has 0 radical (unpaired) electrons. The monoisotopic (exact) mass is 230 g/mol. The van der Waals surface area contributed by atoms with E-state index in [2.05, 4.69) is 4.74 Å². The highest BCUT2D eigenvalue weighted by atomic mass is 16.5. The highest BCUT2D eigenvalue weighted by molar-refractivity contribution is 5.75. The predicted molar refractivity (Wildman–Crippen MR) is 62.2 cm³/mol. The largest absolute Gasteiger partial charge is 0.453 e. The van der Waals surface area contributed by atoms with Gasteiger partial charge in [-0.3, -0.25) is 4.79 Å². The van der Waals surface area contributed by atoms with Crippen LogP contribution in [0.3, 0.4) is 0 Å². The number of ether oxygens (including phenoxy) is 1. The molecule has 0 saturated heterocycles. The van der Waals surface area contributed by atoms with Gasteiger partial charge >= 0.3 is 6.09 Å². The van der Waals surface area contributed by atoms with E-state index in [1.54, 1.807) is 16.8 Å². The SMILES string of the molecule is CCN(C)C(=O)CCCN(CC)C(=O)OC. The molecule has 0 spiro atoms. The smallest absolute Gasteiger partial charge is 0.409 e. The van der Waals surface area contributed by atoms with Gasteiger partial charge in [0.05, 0.1) is 7.11 Å². The Labute approximate surface area is 97.3 Å².